The molecule has 1 saturated heterocycles. The molecule has 214 valence electrons. The van der Waals surface area contributed by atoms with Crippen LogP contribution in [0.5, 0.6) is 0 Å². The summed E-state index contributed by atoms with van der Waals surface area (Å²) in [5.74, 6) is -0.0185. The summed E-state index contributed by atoms with van der Waals surface area (Å²) in [6, 6.07) is 17.5. The van der Waals surface area contributed by atoms with Crippen LogP contribution in [0, 0.1) is 5.92 Å². The van der Waals surface area contributed by atoms with E-state index in [0.29, 0.717) is 64.7 Å². The number of aromatic nitrogens is 6. The van der Waals surface area contributed by atoms with Gasteiger partial charge < -0.3 is 9.73 Å². The van der Waals surface area contributed by atoms with Crippen molar-refractivity contribution in [3.63, 3.8) is 0 Å². The average molecular weight is 573 g/mol. The van der Waals surface area contributed by atoms with Gasteiger partial charge in [-0.25, -0.2) is 4.98 Å². The Hall–Kier alpha value is -4.91. The molecule has 0 aliphatic carbocycles. The first kappa shape index (κ1) is 27.3. The van der Waals surface area contributed by atoms with Crippen LogP contribution in [0.4, 0.5) is 14.5 Å². The fourth-order valence-electron chi connectivity index (χ4n) is 5.25. The standard InChI is InChI=1S/C29H26F2N8O3/c1-17(40)33-21-7-8-24-22(16-21)34-28(42-24)20-9-12-32-23(15-20)26(41)19-10-13-38(14-11-19)25(18-5-3-2-4-6-18)27-35-37-39(36-27)29(30)31/h2-9,12,15-16,19,25,29H,10-11,13-14H2,1H3,(H,33,40). The number of fused-ring (bicyclic) bond motifs is 1. The summed E-state index contributed by atoms with van der Waals surface area (Å²) in [6.45, 7) is -0.398. The van der Waals surface area contributed by atoms with E-state index in [2.05, 4.69) is 35.6 Å². The number of likely N-dealkylation sites (tertiary alicyclic amines) is 1. The third-order valence-corrected chi connectivity index (χ3v) is 7.21. The molecule has 11 nitrogen and oxygen atoms in total. The first-order valence-electron chi connectivity index (χ1n) is 13.4. The normalized spacial score (nSPS) is 15.2. The number of Topliss-reactive ketones (excluding diaryl/α,β-unsaturated/α-hetero) is 1. The quantitative estimate of drug-likeness (QED) is 0.258. The number of hydrogen-bond donors (Lipinski definition) is 1. The number of pyridine rings is 1. The van der Waals surface area contributed by atoms with E-state index < -0.39 is 12.6 Å². The first-order chi connectivity index (χ1) is 20.4. The Morgan fingerprint density at radius 2 is 1.83 bits per heavy atom. The molecule has 4 heterocycles. The molecule has 0 radical (unpaired) electrons. The predicted octanol–water partition coefficient (Wildman–Crippen LogP) is 4.91. The summed E-state index contributed by atoms with van der Waals surface area (Å²) < 4.78 is 32.2. The van der Waals surface area contributed by atoms with Gasteiger partial charge in [0.25, 0.3) is 0 Å². The Morgan fingerprint density at radius 1 is 1.05 bits per heavy atom. The second-order valence-electron chi connectivity index (χ2n) is 10.0. The number of nitrogens with one attached hydrogen (secondary N) is 1. The minimum absolute atomic E-state index is 0.0846. The Kier molecular flexibility index (Phi) is 7.48. The molecular weight excluding hydrogens is 546 g/mol. The van der Waals surface area contributed by atoms with Gasteiger partial charge in [-0.15, -0.1) is 10.2 Å². The number of tetrazole rings is 1. The Balaban J connectivity index is 1.18. The molecular formula is C29H26F2N8O3. The van der Waals surface area contributed by atoms with Gasteiger partial charge in [-0.2, -0.15) is 8.78 Å². The Morgan fingerprint density at radius 3 is 2.55 bits per heavy atom. The van der Waals surface area contributed by atoms with Crippen LogP contribution in [-0.4, -0.2) is 59.9 Å². The van der Waals surface area contributed by atoms with Crippen LogP contribution in [0.2, 0.25) is 0 Å². The third kappa shape index (κ3) is 5.63. The monoisotopic (exact) mass is 572 g/mol. The van der Waals surface area contributed by atoms with Crippen LogP contribution in [-0.2, 0) is 4.79 Å². The van der Waals surface area contributed by atoms with Crippen molar-refractivity contribution in [3.8, 4) is 11.5 Å². The van der Waals surface area contributed by atoms with Gasteiger partial charge in [0, 0.05) is 30.3 Å². The molecule has 1 fully saturated rings. The number of nitrogens with zero attached hydrogens (tertiary/aromatic N) is 7. The van der Waals surface area contributed by atoms with Gasteiger partial charge in [-0.1, -0.05) is 35.1 Å². The van der Waals surface area contributed by atoms with E-state index in [-0.39, 0.29) is 23.4 Å². The van der Waals surface area contributed by atoms with Crippen LogP contribution in [0.25, 0.3) is 22.6 Å². The number of amides is 1. The second kappa shape index (κ2) is 11.5. The number of oxazole rings is 1. The van der Waals surface area contributed by atoms with Crippen LogP contribution < -0.4 is 5.32 Å². The van der Waals surface area contributed by atoms with Crippen LogP contribution >= 0.6 is 0 Å². The summed E-state index contributed by atoms with van der Waals surface area (Å²) >= 11 is 0. The molecule has 6 rings (SSSR count). The molecule has 5 aromatic rings. The third-order valence-electron chi connectivity index (χ3n) is 7.21. The largest absolute Gasteiger partial charge is 0.436 e. The zero-order valence-corrected chi connectivity index (χ0v) is 22.5. The molecule has 1 N–H and O–H groups in total. The van der Waals surface area contributed by atoms with Crippen molar-refractivity contribution < 1.29 is 22.8 Å². The predicted molar refractivity (Wildman–Crippen MR) is 148 cm³/mol. The summed E-state index contributed by atoms with van der Waals surface area (Å²) in [6.07, 6.45) is 2.65. The molecule has 3 aromatic heterocycles. The van der Waals surface area contributed by atoms with Crippen molar-refractivity contribution >= 4 is 28.5 Å². The highest BCUT2D eigenvalue weighted by Crippen LogP contribution is 2.32. The zero-order valence-electron chi connectivity index (χ0n) is 22.5. The molecule has 1 aliphatic rings. The van der Waals surface area contributed by atoms with Crippen molar-refractivity contribution in [1.29, 1.82) is 0 Å². The summed E-state index contributed by atoms with van der Waals surface area (Å²) in [5.41, 5.74) is 3.51. The lowest BCUT2D eigenvalue weighted by atomic mass is 9.89. The minimum atomic E-state index is -2.88. The molecule has 1 atom stereocenters. The Bertz CT molecular complexity index is 1730. The number of halogens is 2. The minimum Gasteiger partial charge on any atom is -0.436 e. The van der Waals surface area contributed by atoms with E-state index in [9.17, 15) is 18.4 Å². The van der Waals surface area contributed by atoms with Gasteiger partial charge in [-0.3, -0.25) is 19.5 Å². The van der Waals surface area contributed by atoms with Crippen molar-refractivity contribution in [1.82, 2.24) is 35.1 Å². The van der Waals surface area contributed by atoms with Gasteiger partial charge in [0.05, 0.1) is 6.04 Å². The maximum atomic E-state index is 13.5. The molecule has 42 heavy (non-hydrogen) atoms. The van der Waals surface area contributed by atoms with Gasteiger partial charge in [0.1, 0.15) is 11.2 Å². The SMILES string of the molecule is CC(=O)Nc1ccc2oc(-c3ccnc(C(=O)C4CCN(C(c5ccccc5)c5nnn(C(F)F)n5)CC4)c3)nc2c1. The molecule has 0 saturated carbocycles. The number of piperidine rings is 1. The number of carbonyl (C=O) groups is 2. The lowest BCUT2D eigenvalue weighted by Crippen LogP contribution is -2.39. The smallest absolute Gasteiger partial charge is 0.350 e. The highest BCUT2D eigenvalue weighted by Gasteiger charge is 2.33. The molecule has 2 aromatic carbocycles. The number of rotatable bonds is 8. The van der Waals surface area contributed by atoms with Gasteiger partial charge >= 0.3 is 6.55 Å². The number of hydrogen-bond acceptors (Lipinski definition) is 9. The van der Waals surface area contributed by atoms with Crippen LogP contribution in [0.1, 0.15) is 54.2 Å². The van der Waals surface area contributed by atoms with Crippen molar-refractivity contribution in [2.24, 2.45) is 5.92 Å². The number of anilines is 1. The molecule has 1 unspecified atom stereocenters. The van der Waals surface area contributed by atoms with E-state index >= 15 is 0 Å². The van der Waals surface area contributed by atoms with Gasteiger partial charge in [0.2, 0.25) is 11.8 Å². The van der Waals surface area contributed by atoms with E-state index in [0.717, 1.165) is 5.56 Å². The first-order valence-corrected chi connectivity index (χ1v) is 13.4. The summed E-state index contributed by atoms with van der Waals surface area (Å²) in [5, 5.41) is 14.1. The van der Waals surface area contributed by atoms with Crippen molar-refractivity contribution in [2.75, 3.05) is 18.4 Å². The fourth-order valence-corrected chi connectivity index (χ4v) is 5.25. The molecule has 0 bridgehead atoms. The molecule has 1 amide bonds. The van der Waals surface area contributed by atoms with E-state index in [1.54, 1.807) is 36.5 Å². The maximum absolute atomic E-state index is 13.5. The maximum Gasteiger partial charge on any atom is 0.350 e. The molecule has 1 aliphatic heterocycles. The van der Waals surface area contributed by atoms with Crippen molar-refractivity contribution in [3.05, 3.63) is 83.9 Å². The average Bonchev–Trinajstić information content (AvgIpc) is 3.66. The second-order valence-corrected chi connectivity index (χ2v) is 10.0. The highest BCUT2D eigenvalue weighted by molar-refractivity contribution is 5.97. The number of benzene rings is 2. The number of alkyl halides is 2. The number of carbonyl (C=O) groups excluding carboxylic acids is 2. The van der Waals surface area contributed by atoms with Gasteiger partial charge in [0.15, 0.2) is 17.2 Å². The van der Waals surface area contributed by atoms with Crippen molar-refractivity contribution in [2.45, 2.75) is 32.4 Å². The summed E-state index contributed by atoms with van der Waals surface area (Å²) in [4.78, 5) is 36.1. The van der Waals surface area contributed by atoms with Crippen LogP contribution in [0.15, 0.2) is 71.3 Å². The van der Waals surface area contributed by atoms with Crippen LogP contribution in [0.3, 0.4) is 0 Å². The topological polar surface area (TPSA) is 132 Å². The van der Waals surface area contributed by atoms with E-state index in [4.69, 9.17) is 4.42 Å². The fraction of sp³-hybridized carbons (Fsp3) is 0.276. The highest BCUT2D eigenvalue weighted by atomic mass is 19.3. The molecule has 13 heteroatoms. The number of ketones is 1. The molecule has 0 spiro atoms. The zero-order chi connectivity index (χ0) is 29.2. The Labute approximate surface area is 238 Å². The summed E-state index contributed by atoms with van der Waals surface area (Å²) in [7, 11) is 0. The van der Waals surface area contributed by atoms with E-state index in [1.165, 1.54) is 6.92 Å². The van der Waals surface area contributed by atoms with E-state index in [1.807, 2.05) is 30.3 Å². The van der Waals surface area contributed by atoms with Gasteiger partial charge in [-0.05, 0) is 67.0 Å². The lowest BCUT2D eigenvalue weighted by Gasteiger charge is -2.35. The lowest BCUT2D eigenvalue weighted by molar-refractivity contribution is -0.114.